The van der Waals surface area contributed by atoms with E-state index in [0.717, 1.165) is 25.7 Å². The zero-order valence-corrected chi connectivity index (χ0v) is 21.6. The zero-order valence-electron chi connectivity index (χ0n) is 21.6. The average Bonchev–Trinajstić information content (AvgIpc) is 2.87. The molecule has 0 bridgehead atoms. The van der Waals surface area contributed by atoms with Crippen LogP contribution in [0.3, 0.4) is 0 Å². The van der Waals surface area contributed by atoms with E-state index in [-0.39, 0.29) is 28.9 Å². The Morgan fingerprint density at radius 2 is 1.03 bits per heavy atom. The summed E-state index contributed by atoms with van der Waals surface area (Å²) in [4.78, 5) is 53.1. The number of hydrogen-bond acceptors (Lipinski definition) is 5. The Bertz CT molecular complexity index is 1100. The van der Waals surface area contributed by atoms with Gasteiger partial charge in [-0.25, -0.2) is 9.59 Å². The molecule has 192 valence electrons. The van der Waals surface area contributed by atoms with Gasteiger partial charge >= 0.3 is 11.9 Å². The number of ether oxygens (including phenoxy) is 1. The molecule has 0 N–H and O–H groups in total. The number of imide groups is 1. The van der Waals surface area contributed by atoms with E-state index in [1.165, 1.54) is 68.4 Å². The maximum Gasteiger partial charge on any atom is 0.346 e. The first kappa shape index (κ1) is 26.1. The lowest BCUT2D eigenvalue weighted by atomic mass is 9.86. The molecule has 2 amide bonds. The lowest BCUT2D eigenvalue weighted by molar-refractivity contribution is 0.0388. The van der Waals surface area contributed by atoms with Gasteiger partial charge in [0.1, 0.15) is 0 Å². The van der Waals surface area contributed by atoms with Gasteiger partial charge < -0.3 is 4.74 Å². The number of rotatable bonds is 14. The fourth-order valence-corrected chi connectivity index (χ4v) is 5.59. The number of esters is 2. The summed E-state index contributed by atoms with van der Waals surface area (Å²) in [6.07, 6.45) is 14.0. The molecule has 6 nitrogen and oxygen atoms in total. The molecule has 0 saturated carbocycles. The Labute approximate surface area is 213 Å². The van der Waals surface area contributed by atoms with Crippen LogP contribution < -0.4 is 0 Å². The van der Waals surface area contributed by atoms with E-state index in [0.29, 0.717) is 28.4 Å². The van der Waals surface area contributed by atoms with Gasteiger partial charge in [-0.2, -0.15) is 0 Å². The highest BCUT2D eigenvalue weighted by atomic mass is 16.6. The van der Waals surface area contributed by atoms with E-state index >= 15 is 0 Å². The molecule has 2 aromatic carbocycles. The molecule has 0 aromatic heterocycles. The topological polar surface area (TPSA) is 80.8 Å². The lowest BCUT2D eigenvalue weighted by Gasteiger charge is -2.31. The molecule has 0 fully saturated rings. The van der Waals surface area contributed by atoms with Crippen molar-refractivity contribution in [2.75, 3.05) is 6.54 Å². The molecule has 0 saturated heterocycles. The van der Waals surface area contributed by atoms with E-state index in [1.54, 1.807) is 12.1 Å². The van der Waals surface area contributed by atoms with Crippen molar-refractivity contribution in [1.29, 1.82) is 0 Å². The largest absolute Gasteiger partial charge is 0.386 e. The van der Waals surface area contributed by atoms with Crippen LogP contribution in [0.2, 0.25) is 0 Å². The molecule has 2 aromatic rings. The normalized spacial score (nSPS) is 15.6. The van der Waals surface area contributed by atoms with Crippen molar-refractivity contribution in [3.8, 4) is 0 Å². The predicted molar refractivity (Wildman–Crippen MR) is 139 cm³/mol. The molecule has 0 spiro atoms. The average molecular weight is 492 g/mol. The SMILES string of the molecule is CCCCCCCCC(CCCCCC)CN1C(=O)c2ccc3c4c(ccc(c24)C1=O)C(=O)OC3=O. The van der Waals surface area contributed by atoms with E-state index in [1.807, 2.05) is 0 Å². The van der Waals surface area contributed by atoms with Gasteiger partial charge in [0, 0.05) is 28.4 Å². The molecular weight excluding hydrogens is 454 g/mol. The number of carbonyl (C=O) groups is 4. The van der Waals surface area contributed by atoms with Crippen LogP contribution in [0.4, 0.5) is 0 Å². The van der Waals surface area contributed by atoms with Crippen molar-refractivity contribution in [2.45, 2.75) is 90.9 Å². The second-order valence-electron chi connectivity index (χ2n) is 10.2. The van der Waals surface area contributed by atoms with Crippen molar-refractivity contribution >= 4 is 34.5 Å². The maximum absolute atomic E-state index is 13.6. The van der Waals surface area contributed by atoms with Gasteiger partial charge in [-0.05, 0) is 43.0 Å². The van der Waals surface area contributed by atoms with Crippen LogP contribution in [0.5, 0.6) is 0 Å². The minimum atomic E-state index is -0.746. The van der Waals surface area contributed by atoms with E-state index in [4.69, 9.17) is 4.74 Å². The second kappa shape index (κ2) is 11.8. The highest BCUT2D eigenvalue weighted by Crippen LogP contribution is 2.37. The number of nitrogens with zero attached hydrogens (tertiary/aromatic N) is 1. The van der Waals surface area contributed by atoms with Gasteiger partial charge in [0.05, 0.1) is 11.1 Å². The van der Waals surface area contributed by atoms with Crippen molar-refractivity contribution in [1.82, 2.24) is 4.90 Å². The van der Waals surface area contributed by atoms with Crippen LogP contribution in [-0.2, 0) is 4.74 Å². The maximum atomic E-state index is 13.6. The fraction of sp³-hybridized carbons (Fsp3) is 0.533. The monoisotopic (exact) mass is 491 g/mol. The van der Waals surface area contributed by atoms with Crippen LogP contribution in [-0.4, -0.2) is 35.2 Å². The first-order valence-electron chi connectivity index (χ1n) is 13.7. The second-order valence-corrected chi connectivity index (χ2v) is 10.2. The third-order valence-corrected chi connectivity index (χ3v) is 7.61. The smallest absolute Gasteiger partial charge is 0.346 e. The number of amides is 2. The van der Waals surface area contributed by atoms with E-state index < -0.39 is 11.9 Å². The van der Waals surface area contributed by atoms with E-state index in [9.17, 15) is 19.2 Å². The number of carbonyl (C=O) groups excluding carboxylic acids is 4. The molecule has 0 radical (unpaired) electrons. The molecule has 4 rings (SSSR count). The zero-order chi connectivity index (χ0) is 25.7. The Morgan fingerprint density at radius 3 is 1.56 bits per heavy atom. The summed E-state index contributed by atoms with van der Waals surface area (Å²) in [5, 5.41) is 0.757. The Hall–Kier alpha value is -3.02. The minimum absolute atomic E-state index is 0.219. The minimum Gasteiger partial charge on any atom is -0.386 e. The number of hydrogen-bond donors (Lipinski definition) is 0. The van der Waals surface area contributed by atoms with Crippen molar-refractivity contribution < 1.29 is 23.9 Å². The fourth-order valence-electron chi connectivity index (χ4n) is 5.59. The number of unbranched alkanes of at least 4 members (excludes halogenated alkanes) is 8. The van der Waals surface area contributed by atoms with Gasteiger partial charge in [-0.1, -0.05) is 78.1 Å². The van der Waals surface area contributed by atoms with Gasteiger partial charge in [0.15, 0.2) is 0 Å². The van der Waals surface area contributed by atoms with Crippen LogP contribution >= 0.6 is 0 Å². The molecule has 2 aliphatic heterocycles. The Balaban J connectivity index is 1.55. The highest BCUT2D eigenvalue weighted by Gasteiger charge is 2.38. The van der Waals surface area contributed by atoms with Crippen molar-refractivity contribution in [3.63, 3.8) is 0 Å². The molecule has 6 heteroatoms. The standard InChI is InChI=1S/C30H37NO5/c1-3-5-7-9-10-12-14-20(13-11-8-6-4-2)19-31-27(32)21-15-17-23-26-24(30(35)36-29(23)34)18-16-22(25(21)26)28(31)33/h15-18,20H,3-14,19H2,1-2H3. The van der Waals surface area contributed by atoms with Crippen LogP contribution in [0.25, 0.3) is 10.8 Å². The third-order valence-electron chi connectivity index (χ3n) is 7.61. The van der Waals surface area contributed by atoms with Crippen LogP contribution in [0.15, 0.2) is 24.3 Å². The molecule has 1 atom stereocenters. The molecule has 36 heavy (non-hydrogen) atoms. The van der Waals surface area contributed by atoms with Gasteiger partial charge in [0.25, 0.3) is 11.8 Å². The Morgan fingerprint density at radius 1 is 0.611 bits per heavy atom. The predicted octanol–water partition coefficient (Wildman–Crippen LogP) is 7.08. The third kappa shape index (κ3) is 5.23. The molecule has 1 unspecified atom stereocenters. The molecule has 2 aliphatic rings. The summed E-state index contributed by atoms with van der Waals surface area (Å²) in [6, 6.07) is 6.25. The van der Waals surface area contributed by atoms with E-state index in [2.05, 4.69) is 13.8 Å². The number of benzene rings is 2. The highest BCUT2D eigenvalue weighted by molar-refractivity contribution is 6.31. The van der Waals surface area contributed by atoms with Crippen molar-refractivity contribution in [3.05, 3.63) is 46.5 Å². The van der Waals surface area contributed by atoms with Gasteiger partial charge in [0.2, 0.25) is 0 Å². The first-order chi connectivity index (χ1) is 17.5. The Kier molecular flexibility index (Phi) is 8.55. The summed E-state index contributed by atoms with van der Waals surface area (Å²) in [6.45, 7) is 4.82. The molecule has 0 aliphatic carbocycles. The summed E-state index contributed by atoms with van der Waals surface area (Å²) < 4.78 is 4.83. The van der Waals surface area contributed by atoms with Gasteiger partial charge in [-0.15, -0.1) is 0 Å². The number of cyclic esters (lactones) is 2. The summed E-state index contributed by atoms with van der Waals surface area (Å²) in [7, 11) is 0. The van der Waals surface area contributed by atoms with Gasteiger partial charge in [-0.3, -0.25) is 14.5 Å². The quantitative estimate of drug-likeness (QED) is 0.122. The van der Waals surface area contributed by atoms with Crippen molar-refractivity contribution in [2.24, 2.45) is 5.92 Å². The van der Waals surface area contributed by atoms with Crippen LogP contribution in [0.1, 0.15) is 132 Å². The molecule has 2 heterocycles. The molecular formula is C30H37NO5. The summed E-state index contributed by atoms with van der Waals surface area (Å²) in [5.41, 5.74) is 1.18. The van der Waals surface area contributed by atoms with Crippen LogP contribution in [0, 0.1) is 5.92 Å². The summed E-state index contributed by atoms with van der Waals surface area (Å²) in [5.74, 6) is -1.91. The lowest BCUT2D eigenvalue weighted by Crippen LogP contribution is -2.43. The first-order valence-corrected chi connectivity index (χ1v) is 13.7. The summed E-state index contributed by atoms with van der Waals surface area (Å²) >= 11 is 0.